The smallest absolute Gasteiger partial charge is 0.410 e. The lowest BCUT2D eigenvalue weighted by Gasteiger charge is -2.29. The summed E-state index contributed by atoms with van der Waals surface area (Å²) in [5.74, 6) is -0.648. The molecule has 0 spiro atoms. The van der Waals surface area contributed by atoms with Crippen LogP contribution in [0.1, 0.15) is 34.3 Å². The van der Waals surface area contributed by atoms with E-state index in [0.717, 1.165) is 24.0 Å². The van der Waals surface area contributed by atoms with Crippen LogP contribution >= 0.6 is 11.6 Å². The summed E-state index contributed by atoms with van der Waals surface area (Å²) in [6.45, 7) is 2.89. The molecule has 1 aliphatic rings. The van der Waals surface area contributed by atoms with Gasteiger partial charge in [0.1, 0.15) is 12.4 Å². The predicted octanol–water partition coefficient (Wildman–Crippen LogP) is 6.88. The molecule has 6 nitrogen and oxygen atoms in total. The fraction of sp³-hybridized carbons (Fsp3) is 0.258. The van der Waals surface area contributed by atoms with Gasteiger partial charge in [-0.25, -0.2) is 9.18 Å². The number of carbonyl (C=O) groups is 2. The van der Waals surface area contributed by atoms with Crippen molar-refractivity contribution in [3.8, 4) is 11.1 Å². The molecule has 0 radical (unpaired) electrons. The van der Waals surface area contributed by atoms with E-state index in [-0.39, 0.29) is 24.6 Å². The highest BCUT2D eigenvalue weighted by atomic mass is 35.5. The van der Waals surface area contributed by atoms with Gasteiger partial charge < -0.3 is 14.5 Å². The summed E-state index contributed by atoms with van der Waals surface area (Å²) in [4.78, 5) is 34.8. The quantitative estimate of drug-likeness (QED) is 0.265. The third-order valence-corrected chi connectivity index (χ3v) is 7.28. The highest BCUT2D eigenvalue weighted by Gasteiger charge is 2.32. The first-order valence-electron chi connectivity index (χ1n) is 12.9. The third-order valence-electron chi connectivity index (χ3n) is 7.05. The van der Waals surface area contributed by atoms with Crippen LogP contribution in [0.15, 0.2) is 72.9 Å². The van der Waals surface area contributed by atoms with E-state index in [4.69, 9.17) is 16.3 Å². The number of nitrogens with zero attached hydrogens (tertiary/aromatic N) is 3. The topological polar surface area (TPSA) is 62.7 Å². The van der Waals surface area contributed by atoms with E-state index in [1.54, 1.807) is 48.2 Å². The number of carbonyl (C=O) groups excluding carboxylic acids is 2. The Morgan fingerprint density at radius 1 is 1.13 bits per heavy atom. The van der Waals surface area contributed by atoms with E-state index < -0.39 is 5.82 Å². The fourth-order valence-electron chi connectivity index (χ4n) is 5.16. The van der Waals surface area contributed by atoms with E-state index >= 15 is 0 Å². The van der Waals surface area contributed by atoms with Gasteiger partial charge in [-0.3, -0.25) is 9.78 Å². The van der Waals surface area contributed by atoms with Gasteiger partial charge in [-0.2, -0.15) is 0 Å². The van der Waals surface area contributed by atoms with Crippen LogP contribution in [0, 0.1) is 12.7 Å². The summed E-state index contributed by atoms with van der Waals surface area (Å²) >= 11 is 6.32. The average molecular weight is 546 g/mol. The fourth-order valence-corrected chi connectivity index (χ4v) is 5.34. The Morgan fingerprint density at radius 3 is 2.69 bits per heavy atom. The molecule has 0 bridgehead atoms. The SMILES string of the molecule is Cc1cc(F)cc(-c2cnc3ccc(Cl)cc3c2C(=O)N(C)C[C@@H]2CCCN2C(=O)OCc2ccccc2)c1. The van der Waals surface area contributed by atoms with Gasteiger partial charge in [0, 0.05) is 42.3 Å². The highest BCUT2D eigenvalue weighted by molar-refractivity contribution is 6.31. The van der Waals surface area contributed by atoms with Gasteiger partial charge in [0.25, 0.3) is 5.91 Å². The number of aryl methyl sites for hydroxylation is 1. The molecule has 0 saturated carbocycles. The number of hydrogen-bond acceptors (Lipinski definition) is 4. The Hall–Kier alpha value is -3.97. The maximum Gasteiger partial charge on any atom is 0.410 e. The number of ether oxygens (including phenoxy) is 1. The largest absolute Gasteiger partial charge is 0.445 e. The molecule has 0 unspecified atom stereocenters. The van der Waals surface area contributed by atoms with Crippen LogP contribution in [0.2, 0.25) is 5.02 Å². The van der Waals surface area contributed by atoms with Crippen LogP contribution in [0.5, 0.6) is 0 Å². The minimum Gasteiger partial charge on any atom is -0.445 e. The molecule has 1 aromatic heterocycles. The molecular weight excluding hydrogens is 517 g/mol. The van der Waals surface area contributed by atoms with Crippen LogP contribution in [-0.4, -0.2) is 53.0 Å². The van der Waals surface area contributed by atoms with Crippen molar-refractivity contribution in [1.29, 1.82) is 0 Å². The van der Waals surface area contributed by atoms with Crippen molar-refractivity contribution >= 4 is 34.5 Å². The first-order chi connectivity index (χ1) is 18.8. The van der Waals surface area contributed by atoms with Gasteiger partial charge in [-0.05, 0) is 66.8 Å². The van der Waals surface area contributed by atoms with E-state index in [1.165, 1.54) is 12.1 Å². The molecule has 39 heavy (non-hydrogen) atoms. The number of likely N-dealkylation sites (N-methyl/N-ethyl adjacent to an activating group) is 1. The second-order valence-corrected chi connectivity index (χ2v) is 10.4. The highest BCUT2D eigenvalue weighted by Crippen LogP contribution is 2.33. The first-order valence-corrected chi connectivity index (χ1v) is 13.3. The molecule has 4 aromatic rings. The van der Waals surface area contributed by atoms with Crippen LogP contribution in [0.4, 0.5) is 9.18 Å². The molecular formula is C31H29ClFN3O3. The number of rotatable bonds is 6. The molecule has 8 heteroatoms. The number of likely N-dealkylation sites (tertiary alicyclic amines) is 1. The summed E-state index contributed by atoms with van der Waals surface area (Å²) in [5.41, 5.74) is 3.74. The van der Waals surface area contributed by atoms with Crippen LogP contribution in [-0.2, 0) is 11.3 Å². The second kappa shape index (κ2) is 11.4. The zero-order valence-corrected chi connectivity index (χ0v) is 22.6. The summed E-state index contributed by atoms with van der Waals surface area (Å²) < 4.78 is 19.9. The minimum absolute atomic E-state index is 0.182. The Kier molecular flexibility index (Phi) is 7.79. The average Bonchev–Trinajstić information content (AvgIpc) is 3.38. The van der Waals surface area contributed by atoms with E-state index in [0.29, 0.717) is 45.7 Å². The summed E-state index contributed by atoms with van der Waals surface area (Å²) in [6, 6.07) is 19.2. The Balaban J connectivity index is 1.41. The van der Waals surface area contributed by atoms with Crippen molar-refractivity contribution in [2.45, 2.75) is 32.4 Å². The number of hydrogen-bond donors (Lipinski definition) is 0. The predicted molar refractivity (Wildman–Crippen MR) is 150 cm³/mol. The number of pyridine rings is 1. The van der Waals surface area contributed by atoms with Gasteiger partial charge in [0.05, 0.1) is 17.1 Å². The van der Waals surface area contributed by atoms with Gasteiger partial charge >= 0.3 is 6.09 Å². The number of halogens is 2. The lowest BCUT2D eigenvalue weighted by molar-refractivity contribution is 0.0692. The van der Waals surface area contributed by atoms with E-state index in [9.17, 15) is 14.0 Å². The molecule has 0 N–H and O–H groups in total. The number of aromatic nitrogens is 1. The normalized spacial score (nSPS) is 15.0. The summed E-state index contributed by atoms with van der Waals surface area (Å²) in [6.07, 6.45) is 2.80. The molecule has 3 aromatic carbocycles. The monoisotopic (exact) mass is 545 g/mol. The Bertz CT molecular complexity index is 1510. The van der Waals surface area contributed by atoms with Crippen LogP contribution < -0.4 is 0 Å². The van der Waals surface area contributed by atoms with Crippen molar-refractivity contribution in [2.75, 3.05) is 20.1 Å². The molecule has 5 rings (SSSR count). The standard InChI is InChI=1S/C31H29ClFN3O3/c1-20-13-22(15-24(33)14-20)27-17-34-28-11-10-23(32)16-26(28)29(27)30(37)35(2)18-25-9-6-12-36(25)31(38)39-19-21-7-4-3-5-8-21/h3-5,7-8,10-11,13-17,25H,6,9,12,18-19H2,1-2H3/t25-/m0/s1. The summed E-state index contributed by atoms with van der Waals surface area (Å²) in [5, 5.41) is 1.06. The van der Waals surface area contributed by atoms with Gasteiger partial charge in [-0.1, -0.05) is 48.0 Å². The lowest BCUT2D eigenvalue weighted by Crippen LogP contribution is -2.44. The molecule has 1 saturated heterocycles. The zero-order valence-electron chi connectivity index (χ0n) is 21.9. The van der Waals surface area contributed by atoms with Crippen molar-refractivity contribution in [2.24, 2.45) is 0 Å². The molecule has 1 aliphatic heterocycles. The van der Waals surface area contributed by atoms with Gasteiger partial charge in [-0.15, -0.1) is 0 Å². The van der Waals surface area contributed by atoms with Gasteiger partial charge in [0.15, 0.2) is 0 Å². The summed E-state index contributed by atoms with van der Waals surface area (Å²) in [7, 11) is 1.71. The number of amides is 2. The van der Waals surface area contributed by atoms with E-state index in [1.807, 2.05) is 36.4 Å². The van der Waals surface area contributed by atoms with Crippen LogP contribution in [0.25, 0.3) is 22.0 Å². The maximum atomic E-state index is 14.4. The van der Waals surface area contributed by atoms with Gasteiger partial charge in [0.2, 0.25) is 0 Å². The van der Waals surface area contributed by atoms with E-state index in [2.05, 4.69) is 4.98 Å². The van der Waals surface area contributed by atoms with Crippen molar-refractivity contribution in [1.82, 2.24) is 14.8 Å². The molecule has 2 heterocycles. The second-order valence-electron chi connectivity index (χ2n) is 9.94. The number of benzene rings is 3. The number of fused-ring (bicyclic) bond motifs is 1. The third kappa shape index (κ3) is 5.88. The Morgan fingerprint density at radius 2 is 1.92 bits per heavy atom. The molecule has 200 valence electrons. The molecule has 1 fully saturated rings. The van der Waals surface area contributed by atoms with Crippen molar-refractivity contribution in [3.05, 3.63) is 100 Å². The minimum atomic E-state index is -0.390. The molecule has 1 atom stereocenters. The van der Waals surface area contributed by atoms with Crippen molar-refractivity contribution in [3.63, 3.8) is 0 Å². The zero-order chi connectivity index (χ0) is 27.5. The molecule has 0 aliphatic carbocycles. The maximum absolute atomic E-state index is 14.4. The van der Waals surface area contributed by atoms with Crippen molar-refractivity contribution < 1.29 is 18.7 Å². The first kappa shape index (κ1) is 26.6. The molecule has 2 amide bonds. The Labute approximate surface area is 232 Å². The van der Waals surface area contributed by atoms with Crippen LogP contribution in [0.3, 0.4) is 0 Å². The lowest BCUT2D eigenvalue weighted by atomic mass is 9.95.